The quantitative estimate of drug-likeness (QED) is 0.291. The summed E-state index contributed by atoms with van der Waals surface area (Å²) < 4.78 is 15.7. The minimum Gasteiger partial charge on any atom is -0.232 e. The molecule has 5 aromatic carbocycles. The number of hydrogen-bond donors (Lipinski definition) is 0. The van der Waals surface area contributed by atoms with Gasteiger partial charge in [-0.2, -0.15) is 5.10 Å². The van der Waals surface area contributed by atoms with Gasteiger partial charge in [-0.25, -0.2) is 9.07 Å². The Balaban J connectivity index is 1.81. The van der Waals surface area contributed by atoms with Crippen molar-refractivity contribution in [3.63, 3.8) is 0 Å². The molecular weight excluding hydrogens is 395 g/mol. The molecule has 0 aliphatic heterocycles. The fourth-order valence-electron chi connectivity index (χ4n) is 4.42. The van der Waals surface area contributed by atoms with Crippen molar-refractivity contribution in [2.24, 2.45) is 0 Å². The Bertz CT molecular complexity index is 1550. The van der Waals surface area contributed by atoms with Crippen molar-refractivity contribution >= 4 is 21.7 Å². The molecule has 0 unspecified atom stereocenters. The van der Waals surface area contributed by atoms with E-state index >= 15 is 0 Å². The minimum atomic E-state index is -0.255. The minimum absolute atomic E-state index is 0.255. The van der Waals surface area contributed by atoms with E-state index < -0.39 is 0 Å². The van der Waals surface area contributed by atoms with Crippen LogP contribution in [0.1, 0.15) is 0 Å². The van der Waals surface area contributed by atoms with Crippen molar-refractivity contribution in [3.05, 3.63) is 121 Å². The van der Waals surface area contributed by atoms with Gasteiger partial charge in [0.2, 0.25) is 0 Å². The second-order valence-electron chi connectivity index (χ2n) is 7.84. The Morgan fingerprint density at radius 3 is 2.03 bits per heavy atom. The number of rotatable bonds is 3. The van der Waals surface area contributed by atoms with Gasteiger partial charge in [-0.15, -0.1) is 0 Å². The van der Waals surface area contributed by atoms with Crippen molar-refractivity contribution in [1.82, 2.24) is 9.78 Å². The van der Waals surface area contributed by atoms with Crippen molar-refractivity contribution in [1.29, 1.82) is 0 Å². The van der Waals surface area contributed by atoms with Crippen LogP contribution in [-0.2, 0) is 0 Å². The summed E-state index contributed by atoms with van der Waals surface area (Å²) in [6.45, 7) is 0. The molecule has 0 atom stereocenters. The summed E-state index contributed by atoms with van der Waals surface area (Å²) in [5.41, 5.74) is 6.01. The lowest BCUT2D eigenvalue weighted by Crippen LogP contribution is -1.96. The molecule has 0 saturated carbocycles. The van der Waals surface area contributed by atoms with Gasteiger partial charge in [0.15, 0.2) is 0 Å². The van der Waals surface area contributed by atoms with Crippen LogP contribution in [0, 0.1) is 5.82 Å². The summed E-state index contributed by atoms with van der Waals surface area (Å²) in [7, 11) is 0. The van der Waals surface area contributed by atoms with Crippen molar-refractivity contribution < 1.29 is 4.39 Å². The molecule has 3 heteroatoms. The lowest BCUT2D eigenvalue weighted by molar-refractivity contribution is 0.628. The zero-order valence-corrected chi connectivity index (χ0v) is 17.2. The highest BCUT2D eigenvalue weighted by Crippen LogP contribution is 2.42. The average Bonchev–Trinajstić information content (AvgIpc) is 3.23. The molecule has 0 spiro atoms. The van der Waals surface area contributed by atoms with Gasteiger partial charge in [0.1, 0.15) is 11.5 Å². The number of aromatic nitrogens is 2. The van der Waals surface area contributed by atoms with Crippen molar-refractivity contribution in [2.75, 3.05) is 0 Å². The number of fused-ring (bicyclic) bond motifs is 2. The first-order valence-corrected chi connectivity index (χ1v) is 10.6. The van der Waals surface area contributed by atoms with Gasteiger partial charge in [-0.3, -0.25) is 0 Å². The van der Waals surface area contributed by atoms with Gasteiger partial charge < -0.3 is 0 Å². The lowest BCUT2D eigenvalue weighted by Gasteiger charge is -2.11. The van der Waals surface area contributed by atoms with E-state index in [0.29, 0.717) is 0 Å². The Hall–Kier alpha value is -4.24. The monoisotopic (exact) mass is 414 g/mol. The second kappa shape index (κ2) is 7.47. The van der Waals surface area contributed by atoms with Gasteiger partial charge >= 0.3 is 0 Å². The molecule has 0 saturated heterocycles. The maximum absolute atomic E-state index is 13.7. The Kier molecular flexibility index (Phi) is 4.32. The molecule has 0 N–H and O–H groups in total. The van der Waals surface area contributed by atoms with Crippen molar-refractivity contribution in [3.8, 4) is 28.1 Å². The van der Waals surface area contributed by atoms with Crippen LogP contribution in [-0.4, -0.2) is 9.78 Å². The molecule has 32 heavy (non-hydrogen) atoms. The van der Waals surface area contributed by atoms with Crippen LogP contribution in [0.5, 0.6) is 0 Å². The third-order valence-electron chi connectivity index (χ3n) is 5.87. The highest BCUT2D eigenvalue weighted by atomic mass is 19.1. The normalized spacial score (nSPS) is 11.3. The molecule has 0 aliphatic carbocycles. The molecule has 152 valence electrons. The Morgan fingerprint density at radius 2 is 1.28 bits per heavy atom. The average molecular weight is 414 g/mol. The molecule has 6 rings (SSSR count). The Morgan fingerprint density at radius 1 is 0.625 bits per heavy atom. The first-order valence-electron chi connectivity index (χ1n) is 10.6. The standard InChI is InChI=1S/C29H19FN2/c30-23-17-15-21(16-18-23)29-28-26(32(31-29)24-12-5-2-6-13-24)19-22-11-7-8-14-25(22)27(28)20-9-3-1-4-10-20/h1-19H. The highest BCUT2D eigenvalue weighted by molar-refractivity contribution is 6.16. The molecule has 0 bridgehead atoms. The maximum Gasteiger partial charge on any atom is 0.123 e. The van der Waals surface area contributed by atoms with E-state index in [1.54, 1.807) is 12.1 Å². The van der Waals surface area contributed by atoms with Gasteiger partial charge in [0.25, 0.3) is 0 Å². The number of para-hydroxylation sites is 1. The fourth-order valence-corrected chi connectivity index (χ4v) is 4.42. The first-order chi connectivity index (χ1) is 15.8. The molecule has 6 aromatic rings. The predicted octanol–water partition coefficient (Wildman–Crippen LogP) is 7.65. The predicted molar refractivity (Wildman–Crippen MR) is 129 cm³/mol. The van der Waals surface area contributed by atoms with Gasteiger partial charge in [0, 0.05) is 16.5 Å². The highest BCUT2D eigenvalue weighted by Gasteiger charge is 2.20. The topological polar surface area (TPSA) is 17.8 Å². The Labute approximate surface area is 185 Å². The summed E-state index contributed by atoms with van der Waals surface area (Å²) >= 11 is 0. The van der Waals surface area contributed by atoms with E-state index in [-0.39, 0.29) is 5.82 Å². The SMILES string of the molecule is Fc1ccc(-c2nn(-c3ccccc3)c3cc4ccccc4c(-c4ccccc4)c23)cc1. The lowest BCUT2D eigenvalue weighted by atomic mass is 9.92. The molecule has 0 aliphatic rings. The van der Waals surface area contributed by atoms with Gasteiger partial charge in [0.05, 0.1) is 11.2 Å². The fraction of sp³-hybridized carbons (Fsp3) is 0. The number of hydrogen-bond acceptors (Lipinski definition) is 1. The van der Waals surface area contributed by atoms with Gasteiger partial charge in [-0.05, 0) is 58.8 Å². The van der Waals surface area contributed by atoms with Crippen LogP contribution < -0.4 is 0 Å². The number of halogens is 1. The van der Waals surface area contributed by atoms with Crippen LogP contribution in [0.4, 0.5) is 4.39 Å². The van der Waals surface area contributed by atoms with E-state index in [9.17, 15) is 4.39 Å². The summed E-state index contributed by atoms with van der Waals surface area (Å²) in [6, 6.07) is 37.8. The summed E-state index contributed by atoms with van der Waals surface area (Å²) in [6.07, 6.45) is 0. The molecule has 1 aromatic heterocycles. The second-order valence-corrected chi connectivity index (χ2v) is 7.84. The zero-order valence-electron chi connectivity index (χ0n) is 17.2. The smallest absolute Gasteiger partial charge is 0.123 e. The number of benzene rings is 5. The van der Waals surface area contributed by atoms with E-state index in [1.807, 2.05) is 28.9 Å². The van der Waals surface area contributed by atoms with E-state index in [1.165, 1.54) is 17.5 Å². The molecule has 0 amide bonds. The summed E-state index contributed by atoms with van der Waals surface area (Å²) in [5, 5.41) is 8.45. The molecule has 0 radical (unpaired) electrons. The van der Waals surface area contributed by atoms with Crippen LogP contribution in [0.25, 0.3) is 49.7 Å². The molecule has 2 nitrogen and oxygen atoms in total. The third-order valence-corrected chi connectivity index (χ3v) is 5.87. The van der Waals surface area contributed by atoms with Crippen molar-refractivity contribution in [2.45, 2.75) is 0 Å². The van der Waals surface area contributed by atoms with E-state index in [0.717, 1.165) is 44.4 Å². The maximum atomic E-state index is 13.7. The van der Waals surface area contributed by atoms with Crippen LogP contribution >= 0.6 is 0 Å². The molecule has 0 fully saturated rings. The van der Waals surface area contributed by atoms with E-state index in [2.05, 4.69) is 66.7 Å². The van der Waals surface area contributed by atoms with Gasteiger partial charge in [-0.1, -0.05) is 72.8 Å². The zero-order chi connectivity index (χ0) is 21.5. The van der Waals surface area contributed by atoms with Crippen LogP contribution in [0.2, 0.25) is 0 Å². The molecule has 1 heterocycles. The van der Waals surface area contributed by atoms with Crippen LogP contribution in [0.3, 0.4) is 0 Å². The molecular formula is C29H19FN2. The van der Waals surface area contributed by atoms with E-state index in [4.69, 9.17) is 5.10 Å². The third kappa shape index (κ3) is 2.98. The summed E-state index contributed by atoms with van der Waals surface area (Å²) in [5.74, 6) is -0.255. The summed E-state index contributed by atoms with van der Waals surface area (Å²) in [4.78, 5) is 0. The first kappa shape index (κ1) is 18.5. The number of nitrogens with zero attached hydrogens (tertiary/aromatic N) is 2. The van der Waals surface area contributed by atoms with Crippen LogP contribution in [0.15, 0.2) is 115 Å². The largest absolute Gasteiger partial charge is 0.232 e.